The Bertz CT molecular complexity index is 325. The summed E-state index contributed by atoms with van der Waals surface area (Å²) in [4.78, 5) is 9.73. The summed E-state index contributed by atoms with van der Waals surface area (Å²) in [7, 11) is -3.98. The molecular formula is C13H27O5P. The zero-order valence-corrected chi connectivity index (χ0v) is 13.5. The maximum absolute atomic E-state index is 11.9. The van der Waals surface area contributed by atoms with E-state index in [1.807, 2.05) is 34.6 Å². The van der Waals surface area contributed by atoms with Crippen molar-refractivity contribution in [2.24, 2.45) is 5.41 Å². The van der Waals surface area contributed by atoms with Gasteiger partial charge < -0.3 is 9.63 Å². The van der Waals surface area contributed by atoms with Crippen molar-refractivity contribution in [3.8, 4) is 0 Å². The molecule has 4 unspecified atom stereocenters. The third kappa shape index (κ3) is 5.52. The molecule has 114 valence electrons. The fraction of sp³-hybridized carbons (Fsp3) is 1.00. The van der Waals surface area contributed by atoms with Gasteiger partial charge in [-0.3, -0.25) is 9.05 Å². The van der Waals surface area contributed by atoms with Crippen LogP contribution in [0.1, 0.15) is 53.9 Å². The number of ether oxygens (including phenoxy) is 1. The summed E-state index contributed by atoms with van der Waals surface area (Å²) < 4.78 is 28.0. The minimum atomic E-state index is -3.98. The maximum atomic E-state index is 11.9. The first-order chi connectivity index (χ1) is 8.65. The molecule has 0 aliphatic carbocycles. The van der Waals surface area contributed by atoms with Crippen LogP contribution in [0.5, 0.6) is 0 Å². The highest BCUT2D eigenvalue weighted by Gasteiger charge is 2.44. The Balaban J connectivity index is 2.61. The standard InChI is InChI=1S/C13H27O5P/c1-6-7-8-16-19(14,15)18-11-9-10(2)17-12(11)13(3,4)5/h10-12H,6-9H2,1-5H3,(H,14,15). The molecule has 1 heterocycles. The molecule has 1 rings (SSSR count). The summed E-state index contributed by atoms with van der Waals surface area (Å²) in [6.07, 6.45) is 1.71. The lowest BCUT2D eigenvalue weighted by Crippen LogP contribution is -2.36. The van der Waals surface area contributed by atoms with Gasteiger partial charge in [0.15, 0.2) is 0 Å². The van der Waals surface area contributed by atoms with Crippen LogP contribution < -0.4 is 0 Å². The SMILES string of the molecule is CCCCOP(=O)(O)OC1CC(C)OC1C(C)(C)C. The molecule has 0 amide bonds. The molecule has 0 aromatic rings. The minimum Gasteiger partial charge on any atom is -0.372 e. The third-order valence-electron chi connectivity index (χ3n) is 3.16. The molecule has 0 saturated carbocycles. The fourth-order valence-corrected chi connectivity index (χ4v) is 3.19. The predicted octanol–water partition coefficient (Wildman–Crippen LogP) is 3.51. The van der Waals surface area contributed by atoms with Gasteiger partial charge in [0.1, 0.15) is 0 Å². The highest BCUT2D eigenvalue weighted by molar-refractivity contribution is 7.47. The largest absolute Gasteiger partial charge is 0.472 e. The topological polar surface area (TPSA) is 65.0 Å². The zero-order chi connectivity index (χ0) is 14.7. The molecule has 1 N–H and O–H groups in total. The van der Waals surface area contributed by atoms with Gasteiger partial charge in [-0.2, -0.15) is 0 Å². The summed E-state index contributed by atoms with van der Waals surface area (Å²) in [5, 5.41) is 0. The zero-order valence-electron chi connectivity index (χ0n) is 12.6. The van der Waals surface area contributed by atoms with E-state index in [4.69, 9.17) is 13.8 Å². The van der Waals surface area contributed by atoms with E-state index in [9.17, 15) is 9.46 Å². The molecule has 5 nitrogen and oxygen atoms in total. The van der Waals surface area contributed by atoms with E-state index in [-0.39, 0.29) is 24.2 Å². The van der Waals surface area contributed by atoms with Crippen molar-refractivity contribution in [3.63, 3.8) is 0 Å². The van der Waals surface area contributed by atoms with Crippen LogP contribution in [0.25, 0.3) is 0 Å². The molecule has 1 aliphatic heterocycles. The van der Waals surface area contributed by atoms with Crippen molar-refractivity contribution in [3.05, 3.63) is 0 Å². The number of hydrogen-bond acceptors (Lipinski definition) is 4. The van der Waals surface area contributed by atoms with E-state index in [2.05, 4.69) is 0 Å². The highest BCUT2D eigenvalue weighted by Crippen LogP contribution is 2.49. The van der Waals surface area contributed by atoms with E-state index in [0.717, 1.165) is 12.8 Å². The summed E-state index contributed by atoms with van der Waals surface area (Å²) in [6, 6.07) is 0. The van der Waals surface area contributed by atoms with Gasteiger partial charge in [-0.05, 0) is 18.8 Å². The summed E-state index contributed by atoms with van der Waals surface area (Å²) in [6.45, 7) is 10.3. The number of rotatable bonds is 6. The van der Waals surface area contributed by atoms with E-state index in [1.54, 1.807) is 0 Å². The highest BCUT2D eigenvalue weighted by atomic mass is 31.2. The van der Waals surface area contributed by atoms with Crippen LogP contribution in [0.15, 0.2) is 0 Å². The number of unbranched alkanes of at least 4 members (excludes halogenated alkanes) is 1. The van der Waals surface area contributed by atoms with Crippen LogP contribution in [-0.4, -0.2) is 29.8 Å². The van der Waals surface area contributed by atoms with Crippen molar-refractivity contribution in [1.82, 2.24) is 0 Å². The average Bonchev–Trinajstić information content (AvgIpc) is 2.58. The van der Waals surface area contributed by atoms with Gasteiger partial charge in [-0.25, -0.2) is 4.57 Å². The lowest BCUT2D eigenvalue weighted by atomic mass is 9.86. The second-order valence-corrected chi connectivity index (χ2v) is 7.67. The van der Waals surface area contributed by atoms with Gasteiger partial charge >= 0.3 is 7.82 Å². The normalized spacial score (nSPS) is 31.4. The second-order valence-electron chi connectivity index (χ2n) is 6.27. The number of phosphoric acid groups is 1. The minimum absolute atomic E-state index is 0.0323. The molecule has 0 aromatic heterocycles. The van der Waals surface area contributed by atoms with Crippen molar-refractivity contribution in [1.29, 1.82) is 0 Å². The van der Waals surface area contributed by atoms with Crippen LogP contribution in [0.4, 0.5) is 0 Å². The second kappa shape index (κ2) is 6.68. The van der Waals surface area contributed by atoms with Gasteiger partial charge in [0.05, 0.1) is 24.9 Å². The van der Waals surface area contributed by atoms with Gasteiger partial charge in [0, 0.05) is 6.42 Å². The summed E-state index contributed by atoms with van der Waals surface area (Å²) in [5.41, 5.74) is -0.140. The molecule has 0 spiro atoms. The molecule has 4 atom stereocenters. The van der Waals surface area contributed by atoms with Crippen LogP contribution in [-0.2, 0) is 18.3 Å². The molecule has 1 aliphatic rings. The summed E-state index contributed by atoms with van der Waals surface area (Å²) in [5.74, 6) is 0. The first-order valence-corrected chi connectivity index (χ1v) is 8.46. The molecular weight excluding hydrogens is 267 g/mol. The average molecular weight is 294 g/mol. The smallest absolute Gasteiger partial charge is 0.372 e. The fourth-order valence-electron chi connectivity index (χ4n) is 2.23. The van der Waals surface area contributed by atoms with Crippen LogP contribution in [0.2, 0.25) is 0 Å². The Labute approximate surface area is 116 Å². The number of phosphoric ester groups is 1. The maximum Gasteiger partial charge on any atom is 0.472 e. The molecule has 19 heavy (non-hydrogen) atoms. The summed E-state index contributed by atoms with van der Waals surface area (Å²) >= 11 is 0. The van der Waals surface area contributed by atoms with Crippen LogP contribution in [0.3, 0.4) is 0 Å². The van der Waals surface area contributed by atoms with Crippen molar-refractivity contribution >= 4 is 7.82 Å². The molecule has 0 radical (unpaired) electrons. The van der Waals surface area contributed by atoms with Gasteiger partial charge in [0.25, 0.3) is 0 Å². The Morgan fingerprint density at radius 1 is 1.42 bits per heavy atom. The molecule has 0 aromatic carbocycles. The van der Waals surface area contributed by atoms with Gasteiger partial charge in [-0.15, -0.1) is 0 Å². The Hall–Kier alpha value is 0.0700. The lowest BCUT2D eigenvalue weighted by Gasteiger charge is -2.31. The first-order valence-electron chi connectivity index (χ1n) is 6.97. The van der Waals surface area contributed by atoms with Gasteiger partial charge in [0.2, 0.25) is 0 Å². The monoisotopic (exact) mass is 294 g/mol. The molecule has 6 heteroatoms. The van der Waals surface area contributed by atoms with Crippen molar-refractivity contribution in [2.45, 2.75) is 72.2 Å². The first kappa shape index (κ1) is 17.1. The molecule has 1 fully saturated rings. The third-order valence-corrected chi connectivity index (χ3v) is 4.20. The van der Waals surface area contributed by atoms with E-state index in [0.29, 0.717) is 6.42 Å². The Morgan fingerprint density at radius 3 is 2.58 bits per heavy atom. The quantitative estimate of drug-likeness (QED) is 0.600. The van der Waals surface area contributed by atoms with Crippen LogP contribution in [0, 0.1) is 5.41 Å². The lowest BCUT2D eigenvalue weighted by molar-refractivity contribution is -0.0479. The molecule has 1 saturated heterocycles. The van der Waals surface area contributed by atoms with Crippen LogP contribution >= 0.6 is 7.82 Å². The van der Waals surface area contributed by atoms with Gasteiger partial charge in [-0.1, -0.05) is 34.1 Å². The van der Waals surface area contributed by atoms with E-state index < -0.39 is 13.9 Å². The van der Waals surface area contributed by atoms with Crippen molar-refractivity contribution in [2.75, 3.05) is 6.61 Å². The van der Waals surface area contributed by atoms with E-state index in [1.165, 1.54) is 0 Å². The predicted molar refractivity (Wildman–Crippen MR) is 74.0 cm³/mol. The van der Waals surface area contributed by atoms with E-state index >= 15 is 0 Å². The Kier molecular flexibility index (Phi) is 6.02. The Morgan fingerprint density at radius 2 is 2.05 bits per heavy atom. The number of hydrogen-bond donors (Lipinski definition) is 1. The van der Waals surface area contributed by atoms with Crippen molar-refractivity contribution < 1.29 is 23.2 Å². The molecule has 0 bridgehead atoms.